The molecule has 7 heteroatoms. The first-order valence-electron chi connectivity index (χ1n) is 5.08. The first-order chi connectivity index (χ1) is 9.06. The molecule has 19 heavy (non-hydrogen) atoms. The summed E-state index contributed by atoms with van der Waals surface area (Å²) in [7, 11) is 1.37. The van der Waals surface area contributed by atoms with Crippen LogP contribution in [0.25, 0.3) is 11.3 Å². The van der Waals surface area contributed by atoms with Crippen LogP contribution in [0, 0.1) is 11.3 Å². The quantitative estimate of drug-likeness (QED) is 0.861. The number of rotatable bonds is 3. The zero-order valence-electron chi connectivity index (χ0n) is 9.75. The molecule has 0 saturated carbocycles. The number of nitrogens with zero attached hydrogens (tertiary/aromatic N) is 2. The summed E-state index contributed by atoms with van der Waals surface area (Å²) in [5.74, 6) is -1.19. The predicted octanol–water partition coefficient (Wildman–Crippen LogP) is 1.63. The van der Waals surface area contributed by atoms with E-state index in [0.29, 0.717) is 0 Å². The Labute approximate surface area is 107 Å². The maximum Gasteiger partial charge on any atom is 0.358 e. The fraction of sp³-hybridized carbons (Fsp3) is 0.0833. The third kappa shape index (κ3) is 2.19. The number of phenols is 1. The lowest BCUT2D eigenvalue weighted by molar-refractivity contribution is 0.0686. The number of aromatic carboxylic acids is 1. The summed E-state index contributed by atoms with van der Waals surface area (Å²) in [5, 5.41) is 30.8. The topological polar surface area (TPSA) is 117 Å². The normalized spacial score (nSPS) is 9.89. The molecule has 1 heterocycles. The lowest BCUT2D eigenvalue weighted by Crippen LogP contribution is -1.94. The summed E-state index contributed by atoms with van der Waals surface area (Å²) in [4.78, 5) is 10.7. The van der Waals surface area contributed by atoms with Crippen molar-refractivity contribution in [2.45, 2.75) is 0 Å². The summed E-state index contributed by atoms with van der Waals surface area (Å²) in [5.41, 5.74) is 0.0599. The van der Waals surface area contributed by atoms with Gasteiger partial charge in [0.15, 0.2) is 11.5 Å². The van der Waals surface area contributed by atoms with Crippen LogP contribution in [-0.4, -0.2) is 28.4 Å². The minimum Gasteiger partial charge on any atom is -0.507 e. The molecule has 0 saturated heterocycles. The minimum atomic E-state index is -1.25. The minimum absolute atomic E-state index is 0.0500. The van der Waals surface area contributed by atoms with Gasteiger partial charge in [0.2, 0.25) is 0 Å². The lowest BCUT2D eigenvalue weighted by atomic mass is 10.1. The Morgan fingerprint density at radius 3 is 2.74 bits per heavy atom. The number of benzene rings is 1. The average molecular weight is 260 g/mol. The number of carboxylic acids is 1. The monoisotopic (exact) mass is 260 g/mol. The second-order valence-corrected chi connectivity index (χ2v) is 3.56. The van der Waals surface area contributed by atoms with Crippen LogP contribution in [0.15, 0.2) is 22.7 Å². The number of aromatic nitrogens is 1. The number of hydrogen-bond acceptors (Lipinski definition) is 6. The Morgan fingerprint density at radius 2 is 2.21 bits per heavy atom. The maximum atomic E-state index is 10.7. The molecule has 0 unspecified atom stereocenters. The van der Waals surface area contributed by atoms with Gasteiger partial charge in [0, 0.05) is 12.1 Å². The maximum absolute atomic E-state index is 10.7. The molecule has 0 aliphatic heterocycles. The largest absolute Gasteiger partial charge is 0.507 e. The molecular formula is C12H8N2O5. The number of carboxylic acid groups (broad SMARTS) is 1. The van der Waals surface area contributed by atoms with E-state index < -0.39 is 5.97 Å². The Morgan fingerprint density at radius 1 is 1.47 bits per heavy atom. The van der Waals surface area contributed by atoms with Crippen molar-refractivity contribution in [2.24, 2.45) is 0 Å². The van der Waals surface area contributed by atoms with Crippen LogP contribution in [0.1, 0.15) is 16.1 Å². The standard InChI is InChI=1S/C12H8N2O5/c1-18-10-4-9(15)7(2-6(10)5-13)11-3-8(12(16)17)14-19-11/h2-4,15H,1H3,(H,16,17). The highest BCUT2D eigenvalue weighted by Gasteiger charge is 2.17. The van der Waals surface area contributed by atoms with Crippen LogP contribution in [0.4, 0.5) is 0 Å². The number of nitriles is 1. The fourth-order valence-electron chi connectivity index (χ4n) is 1.53. The van der Waals surface area contributed by atoms with Gasteiger partial charge in [-0.2, -0.15) is 5.26 Å². The Bertz CT molecular complexity index is 684. The Kier molecular flexibility index (Phi) is 3.08. The zero-order valence-corrected chi connectivity index (χ0v) is 9.75. The van der Waals surface area contributed by atoms with Crippen molar-refractivity contribution in [3.05, 3.63) is 29.5 Å². The zero-order chi connectivity index (χ0) is 14.0. The molecule has 2 rings (SSSR count). The molecule has 2 N–H and O–H groups in total. The second kappa shape index (κ2) is 4.70. The van der Waals surface area contributed by atoms with E-state index in [9.17, 15) is 9.90 Å². The highest BCUT2D eigenvalue weighted by Crippen LogP contribution is 2.35. The highest BCUT2D eigenvalue weighted by molar-refractivity contribution is 5.87. The third-order valence-corrected chi connectivity index (χ3v) is 2.43. The molecule has 0 amide bonds. The molecule has 0 atom stereocenters. The van der Waals surface area contributed by atoms with Gasteiger partial charge in [-0.1, -0.05) is 5.16 Å². The van der Waals surface area contributed by atoms with Gasteiger partial charge in [0.1, 0.15) is 17.6 Å². The highest BCUT2D eigenvalue weighted by atomic mass is 16.5. The SMILES string of the molecule is COc1cc(O)c(-c2cc(C(=O)O)no2)cc1C#N. The fourth-order valence-corrected chi connectivity index (χ4v) is 1.53. The van der Waals surface area contributed by atoms with Gasteiger partial charge in [0.25, 0.3) is 0 Å². The smallest absolute Gasteiger partial charge is 0.358 e. The van der Waals surface area contributed by atoms with Gasteiger partial charge >= 0.3 is 5.97 Å². The Hall–Kier alpha value is -3.01. The van der Waals surface area contributed by atoms with Crippen molar-refractivity contribution in [1.29, 1.82) is 5.26 Å². The number of phenolic OH excluding ortho intramolecular Hbond substituents is 1. The van der Waals surface area contributed by atoms with Crippen molar-refractivity contribution < 1.29 is 24.3 Å². The van der Waals surface area contributed by atoms with E-state index >= 15 is 0 Å². The molecule has 2 aromatic rings. The van der Waals surface area contributed by atoms with E-state index in [-0.39, 0.29) is 34.1 Å². The van der Waals surface area contributed by atoms with Gasteiger partial charge in [-0.3, -0.25) is 0 Å². The molecule has 0 aliphatic rings. The van der Waals surface area contributed by atoms with E-state index in [1.807, 2.05) is 6.07 Å². The molecule has 0 radical (unpaired) electrons. The lowest BCUT2D eigenvalue weighted by Gasteiger charge is -2.06. The van der Waals surface area contributed by atoms with Gasteiger partial charge in [0.05, 0.1) is 18.2 Å². The Balaban J connectivity index is 2.55. The van der Waals surface area contributed by atoms with Crippen LogP contribution in [-0.2, 0) is 0 Å². The summed E-state index contributed by atoms with van der Waals surface area (Å²) < 4.78 is 9.75. The molecule has 1 aromatic heterocycles. The molecule has 0 aliphatic carbocycles. The summed E-state index contributed by atoms with van der Waals surface area (Å²) >= 11 is 0. The molecular weight excluding hydrogens is 252 g/mol. The summed E-state index contributed by atoms with van der Waals surface area (Å²) in [6, 6.07) is 5.64. The van der Waals surface area contributed by atoms with E-state index in [1.165, 1.54) is 19.2 Å². The molecule has 7 nitrogen and oxygen atoms in total. The molecule has 0 bridgehead atoms. The van der Waals surface area contributed by atoms with Crippen LogP contribution in [0.3, 0.4) is 0 Å². The second-order valence-electron chi connectivity index (χ2n) is 3.56. The average Bonchev–Trinajstić information content (AvgIpc) is 2.87. The number of hydrogen-bond donors (Lipinski definition) is 2. The van der Waals surface area contributed by atoms with Crippen molar-refractivity contribution in [2.75, 3.05) is 7.11 Å². The number of carbonyl (C=O) groups is 1. The summed E-state index contributed by atoms with van der Waals surface area (Å²) in [6.45, 7) is 0. The van der Waals surface area contributed by atoms with E-state index in [2.05, 4.69) is 5.16 Å². The number of ether oxygens (including phenoxy) is 1. The van der Waals surface area contributed by atoms with Gasteiger partial charge in [-0.15, -0.1) is 0 Å². The van der Waals surface area contributed by atoms with Crippen molar-refractivity contribution in [3.63, 3.8) is 0 Å². The number of methoxy groups -OCH3 is 1. The van der Waals surface area contributed by atoms with Crippen LogP contribution in [0.2, 0.25) is 0 Å². The first kappa shape index (κ1) is 12.4. The molecule has 1 aromatic carbocycles. The van der Waals surface area contributed by atoms with E-state index in [0.717, 1.165) is 6.07 Å². The number of aromatic hydroxyl groups is 1. The van der Waals surface area contributed by atoms with E-state index in [1.54, 1.807) is 0 Å². The van der Waals surface area contributed by atoms with Crippen LogP contribution in [0.5, 0.6) is 11.5 Å². The van der Waals surface area contributed by atoms with Crippen molar-refractivity contribution >= 4 is 5.97 Å². The van der Waals surface area contributed by atoms with Gasteiger partial charge < -0.3 is 19.5 Å². The molecule has 0 spiro atoms. The molecule has 96 valence electrons. The van der Waals surface area contributed by atoms with Crippen molar-refractivity contribution in [3.8, 4) is 28.9 Å². The van der Waals surface area contributed by atoms with Crippen LogP contribution < -0.4 is 4.74 Å². The van der Waals surface area contributed by atoms with Gasteiger partial charge in [-0.05, 0) is 6.07 Å². The van der Waals surface area contributed by atoms with Crippen LogP contribution >= 0.6 is 0 Å². The van der Waals surface area contributed by atoms with Crippen molar-refractivity contribution in [1.82, 2.24) is 5.16 Å². The van der Waals surface area contributed by atoms with E-state index in [4.69, 9.17) is 19.6 Å². The molecule has 0 fully saturated rings. The summed E-state index contributed by atoms with van der Waals surface area (Å²) in [6.07, 6.45) is 0. The predicted molar refractivity (Wildman–Crippen MR) is 61.8 cm³/mol. The van der Waals surface area contributed by atoms with Gasteiger partial charge in [-0.25, -0.2) is 4.79 Å². The first-order valence-corrected chi connectivity index (χ1v) is 5.08. The third-order valence-electron chi connectivity index (χ3n) is 2.43.